The summed E-state index contributed by atoms with van der Waals surface area (Å²) in [6, 6.07) is 10.2. The van der Waals surface area contributed by atoms with Gasteiger partial charge in [0.05, 0.1) is 6.04 Å². The van der Waals surface area contributed by atoms with Crippen molar-refractivity contribution in [2.24, 2.45) is 11.7 Å². The van der Waals surface area contributed by atoms with Gasteiger partial charge in [0.2, 0.25) is 11.8 Å². The zero-order valence-electron chi connectivity index (χ0n) is 15.8. The molecule has 2 N–H and O–H groups in total. The lowest BCUT2D eigenvalue weighted by atomic mass is 9.94. The molecule has 1 atom stereocenters. The second-order valence-corrected chi connectivity index (χ2v) is 7.68. The predicted octanol–water partition coefficient (Wildman–Crippen LogP) is 2.54. The van der Waals surface area contributed by atoms with Crippen molar-refractivity contribution in [3.05, 3.63) is 35.9 Å². The first kappa shape index (κ1) is 18.9. The normalized spacial score (nSPS) is 19.2. The fraction of sp³-hybridized carbons (Fsp3) is 0.619. The van der Waals surface area contributed by atoms with Crippen molar-refractivity contribution in [1.82, 2.24) is 9.80 Å². The number of carbonyl (C=O) groups excluding carboxylic acids is 2. The predicted molar refractivity (Wildman–Crippen MR) is 102 cm³/mol. The van der Waals surface area contributed by atoms with Crippen LogP contribution in [0.25, 0.3) is 0 Å². The minimum Gasteiger partial charge on any atom is -0.341 e. The summed E-state index contributed by atoms with van der Waals surface area (Å²) in [5.74, 6) is 0.341. The first-order chi connectivity index (χ1) is 12.6. The number of hydrogen-bond donors (Lipinski definition) is 1. The summed E-state index contributed by atoms with van der Waals surface area (Å²) in [5.41, 5.74) is 7.15. The number of rotatable bonds is 7. The third kappa shape index (κ3) is 4.64. The second kappa shape index (κ2) is 8.67. The van der Waals surface area contributed by atoms with E-state index in [1.165, 1.54) is 5.56 Å². The van der Waals surface area contributed by atoms with Crippen LogP contribution in [-0.2, 0) is 16.1 Å². The SMILES string of the molecule is CCCC(N)C(=O)N1CCC(C(=O)N(Cc2ccccc2)C2CC2)CC1. The van der Waals surface area contributed by atoms with Crippen LogP contribution < -0.4 is 5.73 Å². The highest BCUT2D eigenvalue weighted by atomic mass is 16.2. The molecule has 2 fully saturated rings. The van der Waals surface area contributed by atoms with Gasteiger partial charge in [-0.25, -0.2) is 0 Å². The lowest BCUT2D eigenvalue weighted by molar-refractivity contribution is -0.142. The Hall–Kier alpha value is -1.88. The van der Waals surface area contributed by atoms with E-state index in [-0.39, 0.29) is 17.7 Å². The molecule has 1 aromatic carbocycles. The number of hydrogen-bond acceptors (Lipinski definition) is 3. The average Bonchev–Trinajstić information content (AvgIpc) is 3.51. The van der Waals surface area contributed by atoms with E-state index in [0.29, 0.717) is 25.7 Å². The number of carbonyl (C=O) groups is 2. The molecule has 142 valence electrons. The molecule has 1 heterocycles. The highest BCUT2D eigenvalue weighted by Gasteiger charge is 2.37. The second-order valence-electron chi connectivity index (χ2n) is 7.68. The number of amides is 2. The number of likely N-dealkylation sites (tertiary alicyclic amines) is 1. The summed E-state index contributed by atoms with van der Waals surface area (Å²) in [4.78, 5) is 29.4. The van der Waals surface area contributed by atoms with Crippen LogP contribution >= 0.6 is 0 Å². The molecule has 1 aromatic rings. The third-order valence-corrected chi connectivity index (χ3v) is 5.54. The van der Waals surface area contributed by atoms with E-state index in [2.05, 4.69) is 17.0 Å². The van der Waals surface area contributed by atoms with Crippen molar-refractivity contribution >= 4 is 11.8 Å². The van der Waals surface area contributed by atoms with Crippen LogP contribution in [0.2, 0.25) is 0 Å². The largest absolute Gasteiger partial charge is 0.341 e. The van der Waals surface area contributed by atoms with Gasteiger partial charge in [0, 0.05) is 31.6 Å². The van der Waals surface area contributed by atoms with Gasteiger partial charge < -0.3 is 15.5 Å². The molecular formula is C21H31N3O2. The van der Waals surface area contributed by atoms with E-state index in [4.69, 9.17) is 5.73 Å². The maximum Gasteiger partial charge on any atom is 0.239 e. The molecule has 0 aromatic heterocycles. The van der Waals surface area contributed by atoms with Crippen molar-refractivity contribution in [3.8, 4) is 0 Å². The van der Waals surface area contributed by atoms with Crippen molar-refractivity contribution in [2.45, 2.75) is 64.1 Å². The summed E-state index contributed by atoms with van der Waals surface area (Å²) in [7, 11) is 0. The van der Waals surface area contributed by atoms with Gasteiger partial charge in [0.25, 0.3) is 0 Å². The van der Waals surface area contributed by atoms with Gasteiger partial charge in [-0.15, -0.1) is 0 Å². The zero-order valence-corrected chi connectivity index (χ0v) is 15.8. The van der Waals surface area contributed by atoms with Crippen LogP contribution in [0.15, 0.2) is 30.3 Å². The average molecular weight is 357 g/mol. The van der Waals surface area contributed by atoms with Crippen LogP contribution in [0.3, 0.4) is 0 Å². The molecule has 3 rings (SSSR count). The van der Waals surface area contributed by atoms with E-state index in [0.717, 1.165) is 38.5 Å². The molecule has 0 spiro atoms. The summed E-state index contributed by atoms with van der Waals surface area (Å²) < 4.78 is 0. The van der Waals surface area contributed by atoms with E-state index < -0.39 is 6.04 Å². The Kier molecular flexibility index (Phi) is 6.30. The molecule has 26 heavy (non-hydrogen) atoms. The molecule has 2 amide bonds. The minimum absolute atomic E-state index is 0.0331. The molecular weight excluding hydrogens is 326 g/mol. The van der Waals surface area contributed by atoms with Crippen molar-refractivity contribution < 1.29 is 9.59 Å². The zero-order chi connectivity index (χ0) is 18.5. The monoisotopic (exact) mass is 357 g/mol. The minimum atomic E-state index is -0.395. The molecule has 0 radical (unpaired) electrons. The molecule has 1 saturated heterocycles. The molecule has 1 aliphatic heterocycles. The van der Waals surface area contributed by atoms with Gasteiger partial charge >= 0.3 is 0 Å². The number of nitrogens with two attached hydrogens (primary N) is 1. The molecule has 5 nitrogen and oxygen atoms in total. The lowest BCUT2D eigenvalue weighted by Gasteiger charge is -2.35. The molecule has 0 bridgehead atoms. The highest BCUT2D eigenvalue weighted by molar-refractivity contribution is 5.83. The van der Waals surface area contributed by atoms with Gasteiger partial charge in [0.1, 0.15) is 0 Å². The van der Waals surface area contributed by atoms with Crippen LogP contribution in [0, 0.1) is 5.92 Å². The molecule has 1 saturated carbocycles. The molecule has 5 heteroatoms. The van der Waals surface area contributed by atoms with Gasteiger partial charge in [-0.05, 0) is 37.7 Å². The maximum atomic E-state index is 13.1. The summed E-state index contributed by atoms with van der Waals surface area (Å²) in [5, 5.41) is 0. The number of nitrogens with zero attached hydrogens (tertiary/aromatic N) is 2. The van der Waals surface area contributed by atoms with Crippen LogP contribution in [0.5, 0.6) is 0 Å². The first-order valence-electron chi connectivity index (χ1n) is 9.99. The van der Waals surface area contributed by atoms with E-state index in [1.54, 1.807) is 0 Å². The maximum absolute atomic E-state index is 13.1. The summed E-state index contributed by atoms with van der Waals surface area (Å²) in [6.07, 6.45) is 5.37. The van der Waals surface area contributed by atoms with Crippen LogP contribution in [0.1, 0.15) is 51.0 Å². The fourth-order valence-corrected chi connectivity index (χ4v) is 3.80. The highest BCUT2D eigenvalue weighted by Crippen LogP contribution is 2.32. The number of benzene rings is 1. The van der Waals surface area contributed by atoms with E-state index >= 15 is 0 Å². The topological polar surface area (TPSA) is 66.6 Å². The lowest BCUT2D eigenvalue weighted by Crippen LogP contribution is -2.49. The van der Waals surface area contributed by atoms with Crippen molar-refractivity contribution in [3.63, 3.8) is 0 Å². The Labute approximate surface area is 156 Å². The Bertz CT molecular complexity index is 607. The van der Waals surface area contributed by atoms with Gasteiger partial charge in [0.15, 0.2) is 0 Å². The molecule has 2 aliphatic rings. The standard InChI is InChI=1S/C21H31N3O2/c1-2-6-19(22)21(26)23-13-11-17(12-14-23)20(25)24(18-9-10-18)15-16-7-4-3-5-8-16/h3-5,7-8,17-19H,2,6,9-15,22H2,1H3. The van der Waals surface area contributed by atoms with Crippen molar-refractivity contribution in [1.29, 1.82) is 0 Å². The first-order valence-corrected chi connectivity index (χ1v) is 9.99. The third-order valence-electron chi connectivity index (χ3n) is 5.54. The Morgan fingerprint density at radius 3 is 2.38 bits per heavy atom. The van der Waals surface area contributed by atoms with E-state index in [9.17, 15) is 9.59 Å². The Morgan fingerprint density at radius 1 is 1.15 bits per heavy atom. The van der Waals surface area contributed by atoms with Gasteiger partial charge in [-0.1, -0.05) is 43.7 Å². The fourth-order valence-electron chi connectivity index (χ4n) is 3.80. The summed E-state index contributed by atoms with van der Waals surface area (Å²) >= 11 is 0. The van der Waals surface area contributed by atoms with Crippen LogP contribution in [-0.4, -0.2) is 46.8 Å². The molecule has 1 aliphatic carbocycles. The smallest absolute Gasteiger partial charge is 0.239 e. The summed E-state index contributed by atoms with van der Waals surface area (Å²) in [6.45, 7) is 4.04. The van der Waals surface area contributed by atoms with Crippen molar-refractivity contribution in [2.75, 3.05) is 13.1 Å². The van der Waals surface area contributed by atoms with E-state index in [1.807, 2.05) is 30.0 Å². The molecule has 1 unspecified atom stereocenters. The van der Waals surface area contributed by atoms with Crippen LogP contribution in [0.4, 0.5) is 0 Å². The Morgan fingerprint density at radius 2 is 1.81 bits per heavy atom. The Balaban J connectivity index is 1.55. The van der Waals surface area contributed by atoms with Gasteiger partial charge in [-0.2, -0.15) is 0 Å². The quantitative estimate of drug-likeness (QED) is 0.815. The van der Waals surface area contributed by atoms with Gasteiger partial charge in [-0.3, -0.25) is 9.59 Å². The number of piperidine rings is 1.